The minimum absolute atomic E-state index is 0.00827. The van der Waals surface area contributed by atoms with Crippen LogP contribution in [0.3, 0.4) is 0 Å². The number of amides is 5. The molecule has 0 aromatic rings. The van der Waals surface area contributed by atoms with Crippen molar-refractivity contribution in [2.75, 3.05) is 33.0 Å². The predicted molar refractivity (Wildman–Crippen MR) is 308 cm³/mol. The van der Waals surface area contributed by atoms with Gasteiger partial charge in [0.05, 0.1) is 26.4 Å². The van der Waals surface area contributed by atoms with E-state index in [0.717, 1.165) is 86.0 Å². The van der Waals surface area contributed by atoms with Gasteiger partial charge in [-0.05, 0) is 32.1 Å². The number of esters is 1. The standard InChI is InChI=1S/C58H99N5O27/c1-7-8-9-10-11-12-13-14-15-16-17-18-19-20-21-22-38(73)63-40-45(75)44(74)37(27-81-32(6)72)86-55(40)88-51-34(24-65)84-57(42(47(51)77)61-30(4)70)90-53-36(26-67)85-58(43(49(53)79)62-31(5)71)89-52-35(25-66)83-56(41(48(52)78)60-29(3)69)87-50-33(23-64)82-54(80)39(46(50)76)59-28(2)68/h12-13,33-37,39-58,64-67,74-80H,7-11,14-27H2,1-6H3,(H,59,68)(H,60,69)(H,61,70)(H,62,71)(H,63,73)/b13-12-/t33?,34?,35?,36?,37?,39?,40?,41?,42?,43-,44+,45?,46?,47?,48?,49?,50+,51+,52+,53+,54+,55-,56-,57-,58-/m0/s1. The first-order valence-electron chi connectivity index (χ1n) is 31.1. The van der Waals surface area contributed by atoms with Gasteiger partial charge < -0.3 is 130 Å². The Hall–Kier alpha value is -4.24. The van der Waals surface area contributed by atoms with E-state index in [4.69, 9.17) is 47.4 Å². The van der Waals surface area contributed by atoms with Gasteiger partial charge in [-0.2, -0.15) is 0 Å². The third-order valence-electron chi connectivity index (χ3n) is 16.2. The number of aliphatic hydroxyl groups is 11. The lowest BCUT2D eigenvalue weighted by Crippen LogP contribution is -2.72. The summed E-state index contributed by atoms with van der Waals surface area (Å²) in [5.41, 5.74) is 0. The highest BCUT2D eigenvalue weighted by Gasteiger charge is 2.58. The third-order valence-corrected chi connectivity index (χ3v) is 16.2. The largest absolute Gasteiger partial charge is 0.463 e. The molecule has 518 valence electrons. The van der Waals surface area contributed by atoms with Crippen LogP contribution in [0, 0.1) is 0 Å². The summed E-state index contributed by atoms with van der Waals surface area (Å²) in [7, 11) is 0. The van der Waals surface area contributed by atoms with Crippen LogP contribution in [0.5, 0.6) is 0 Å². The van der Waals surface area contributed by atoms with Crippen molar-refractivity contribution in [3.8, 4) is 0 Å². The zero-order valence-electron chi connectivity index (χ0n) is 52.0. The first kappa shape index (κ1) is 76.5. The lowest BCUT2D eigenvalue weighted by Gasteiger charge is -2.51. The van der Waals surface area contributed by atoms with Crippen LogP contribution in [0.25, 0.3) is 0 Å². The van der Waals surface area contributed by atoms with Crippen LogP contribution in [-0.2, 0) is 76.1 Å². The van der Waals surface area contributed by atoms with Crippen molar-refractivity contribution in [2.24, 2.45) is 0 Å². The van der Waals surface area contributed by atoms with Crippen LogP contribution < -0.4 is 26.6 Å². The quantitative estimate of drug-likeness (QED) is 0.0164. The molecule has 90 heavy (non-hydrogen) atoms. The second kappa shape index (κ2) is 38.2. The van der Waals surface area contributed by atoms with Crippen LogP contribution in [-0.4, -0.2) is 278 Å². The Morgan fingerprint density at radius 3 is 1.08 bits per heavy atom. The summed E-state index contributed by atoms with van der Waals surface area (Å²) in [4.78, 5) is 75.6. The van der Waals surface area contributed by atoms with E-state index in [9.17, 15) is 84.9 Å². The topological polar surface area (TPSA) is 477 Å². The summed E-state index contributed by atoms with van der Waals surface area (Å²) in [5.74, 6) is -4.40. The SMILES string of the molecule is CCCCCC/C=C\CCCCCCCCCC(=O)NC1C(O)[C@H](O)C(COC(C)=O)O[C@H]1O[C@@H]1C(CO)O[C@@H](O[C@@H]2C(CO)O[C@@H](O[C@@H]3C(CO)O[C@@H](O[C@@H]4C(CO)O[C@@H](O)C(NC(C)=O)C4O)C(NC(C)=O)C3O)[C@@H](NC(C)=O)C2O)C(NC(C)=O)C1O. The number of aliphatic hydroxyl groups excluding tert-OH is 11. The lowest BCUT2D eigenvalue weighted by atomic mass is 9.93. The molecule has 5 fully saturated rings. The second-order valence-electron chi connectivity index (χ2n) is 23.4. The smallest absolute Gasteiger partial charge is 0.302 e. The van der Waals surface area contributed by atoms with Crippen molar-refractivity contribution in [2.45, 2.75) is 285 Å². The molecule has 0 aliphatic carbocycles. The normalized spacial score (nSPS) is 37.2. The van der Waals surface area contributed by atoms with Gasteiger partial charge in [0.15, 0.2) is 31.5 Å². The molecule has 32 heteroatoms. The fourth-order valence-corrected chi connectivity index (χ4v) is 11.6. The van der Waals surface area contributed by atoms with Gasteiger partial charge in [-0.3, -0.25) is 28.8 Å². The molecule has 0 saturated carbocycles. The molecule has 5 heterocycles. The van der Waals surface area contributed by atoms with Gasteiger partial charge in [0.2, 0.25) is 29.5 Å². The molecule has 5 rings (SSSR count). The predicted octanol–water partition coefficient (Wildman–Crippen LogP) is -4.62. The van der Waals surface area contributed by atoms with E-state index in [2.05, 4.69) is 45.7 Å². The maximum absolute atomic E-state index is 13.5. The van der Waals surface area contributed by atoms with Gasteiger partial charge in [0.1, 0.15) is 128 Å². The maximum Gasteiger partial charge on any atom is 0.302 e. The average molecular weight is 1300 g/mol. The van der Waals surface area contributed by atoms with E-state index < -0.39 is 222 Å². The zero-order chi connectivity index (χ0) is 66.4. The molecule has 0 bridgehead atoms. The lowest BCUT2D eigenvalue weighted by molar-refractivity contribution is -0.367. The number of allylic oxidation sites excluding steroid dienone is 2. The number of carbonyl (C=O) groups is 6. The van der Waals surface area contributed by atoms with Gasteiger partial charge in [-0.25, -0.2) is 0 Å². The zero-order valence-corrected chi connectivity index (χ0v) is 52.0. The van der Waals surface area contributed by atoms with E-state index in [1.807, 2.05) is 0 Å². The molecule has 14 unspecified atom stereocenters. The first-order chi connectivity index (χ1) is 42.9. The summed E-state index contributed by atoms with van der Waals surface area (Å²) in [6.45, 7) is 3.11. The average Bonchev–Trinajstić information content (AvgIpc) is 0.790. The van der Waals surface area contributed by atoms with Crippen molar-refractivity contribution in [1.29, 1.82) is 0 Å². The molecular formula is C58H99N5O27. The molecule has 5 amide bonds. The number of ether oxygens (including phenoxy) is 10. The number of rotatable bonds is 34. The van der Waals surface area contributed by atoms with Gasteiger partial charge in [0, 0.05) is 41.0 Å². The van der Waals surface area contributed by atoms with E-state index in [-0.39, 0.29) is 6.42 Å². The number of hydrogen-bond donors (Lipinski definition) is 16. The van der Waals surface area contributed by atoms with Crippen molar-refractivity contribution in [1.82, 2.24) is 26.6 Å². The Morgan fingerprint density at radius 1 is 0.389 bits per heavy atom. The number of unbranched alkanes of at least 4 members (excludes halogenated alkanes) is 11. The van der Waals surface area contributed by atoms with Gasteiger partial charge in [-0.1, -0.05) is 70.4 Å². The van der Waals surface area contributed by atoms with Gasteiger partial charge in [0.25, 0.3) is 0 Å². The van der Waals surface area contributed by atoms with E-state index in [0.29, 0.717) is 6.42 Å². The molecule has 16 N–H and O–H groups in total. The van der Waals surface area contributed by atoms with Crippen LogP contribution in [0.1, 0.15) is 131 Å². The Kier molecular flexibility index (Phi) is 32.5. The minimum atomic E-state index is -2.02. The highest BCUT2D eigenvalue weighted by atomic mass is 16.8. The van der Waals surface area contributed by atoms with Crippen LogP contribution in [0.4, 0.5) is 0 Å². The Labute approximate surface area is 522 Å². The van der Waals surface area contributed by atoms with Crippen LogP contribution in [0.2, 0.25) is 0 Å². The van der Waals surface area contributed by atoms with E-state index in [1.54, 1.807) is 0 Å². The third kappa shape index (κ3) is 21.9. The van der Waals surface area contributed by atoms with Crippen molar-refractivity contribution in [3.63, 3.8) is 0 Å². The molecule has 32 nitrogen and oxygen atoms in total. The molecule has 5 saturated heterocycles. The molecule has 0 spiro atoms. The van der Waals surface area contributed by atoms with Crippen molar-refractivity contribution in [3.05, 3.63) is 12.2 Å². The molecule has 5 aliphatic rings. The molecule has 25 atom stereocenters. The van der Waals surface area contributed by atoms with Crippen LogP contribution >= 0.6 is 0 Å². The highest BCUT2D eigenvalue weighted by molar-refractivity contribution is 5.76. The molecule has 0 radical (unpaired) electrons. The van der Waals surface area contributed by atoms with Crippen molar-refractivity contribution >= 4 is 35.5 Å². The van der Waals surface area contributed by atoms with Crippen LogP contribution in [0.15, 0.2) is 12.2 Å². The van der Waals surface area contributed by atoms with Crippen molar-refractivity contribution < 1.29 is 132 Å². The summed E-state index contributed by atoms with van der Waals surface area (Å²) < 4.78 is 59.3. The van der Waals surface area contributed by atoms with Gasteiger partial charge in [-0.15, -0.1) is 0 Å². The van der Waals surface area contributed by atoms with Gasteiger partial charge >= 0.3 is 5.97 Å². The number of nitrogens with one attached hydrogen (secondary N) is 5. The Balaban J connectivity index is 1.31. The number of carbonyl (C=O) groups excluding carboxylic acids is 6. The minimum Gasteiger partial charge on any atom is -0.463 e. The Bertz CT molecular complexity index is 2250. The van der Waals surface area contributed by atoms with E-state index in [1.165, 1.54) is 25.7 Å². The second-order valence-corrected chi connectivity index (χ2v) is 23.4. The maximum atomic E-state index is 13.5. The molecule has 0 aromatic heterocycles. The summed E-state index contributed by atoms with van der Waals surface area (Å²) in [5, 5.41) is 135. The highest BCUT2D eigenvalue weighted by Crippen LogP contribution is 2.36. The summed E-state index contributed by atoms with van der Waals surface area (Å²) in [6, 6.07) is -8.18. The summed E-state index contributed by atoms with van der Waals surface area (Å²) >= 11 is 0. The fraction of sp³-hybridized carbons (Fsp3) is 0.862. The fourth-order valence-electron chi connectivity index (χ4n) is 11.6. The molecular weight excluding hydrogens is 1200 g/mol. The first-order valence-corrected chi connectivity index (χ1v) is 31.1. The van der Waals surface area contributed by atoms with E-state index >= 15 is 0 Å². The number of hydrogen-bond acceptors (Lipinski definition) is 27. The molecule has 5 aliphatic heterocycles. The Morgan fingerprint density at radius 2 is 0.711 bits per heavy atom. The monoisotopic (exact) mass is 1300 g/mol. The molecule has 0 aromatic carbocycles. The summed E-state index contributed by atoms with van der Waals surface area (Å²) in [6.07, 6.45) is -17.6.